The van der Waals surface area contributed by atoms with E-state index in [-0.39, 0.29) is 6.04 Å². The zero-order valence-corrected chi connectivity index (χ0v) is 11.0. The molecule has 0 saturated carbocycles. The molecule has 2 atom stereocenters. The van der Waals surface area contributed by atoms with Gasteiger partial charge in [0.25, 0.3) is 0 Å². The minimum absolute atomic E-state index is 0.289. The first kappa shape index (κ1) is 12.9. The highest BCUT2D eigenvalue weighted by atomic mass is 35.5. The monoisotopic (exact) mass is 253 g/mol. The van der Waals surface area contributed by atoms with Crippen molar-refractivity contribution in [3.63, 3.8) is 0 Å². The molecule has 1 saturated heterocycles. The predicted molar refractivity (Wildman–Crippen MR) is 71.5 cm³/mol. The van der Waals surface area contributed by atoms with Crippen LogP contribution in [0.15, 0.2) is 24.3 Å². The van der Waals surface area contributed by atoms with Crippen LogP contribution in [-0.2, 0) is 4.74 Å². The summed E-state index contributed by atoms with van der Waals surface area (Å²) in [6.45, 7) is 3.97. The molecule has 1 N–H and O–H groups in total. The SMILES string of the molecule is CCNC(c1ccc(Cl)cc1)C1CCCCO1. The van der Waals surface area contributed by atoms with E-state index in [1.54, 1.807) is 0 Å². The minimum atomic E-state index is 0.289. The number of nitrogens with one attached hydrogen (secondary N) is 1. The van der Waals surface area contributed by atoms with Gasteiger partial charge < -0.3 is 10.1 Å². The van der Waals surface area contributed by atoms with E-state index in [0.717, 1.165) is 24.6 Å². The van der Waals surface area contributed by atoms with Gasteiger partial charge in [-0.05, 0) is 43.5 Å². The van der Waals surface area contributed by atoms with Crippen molar-refractivity contribution in [3.05, 3.63) is 34.9 Å². The molecule has 1 fully saturated rings. The van der Waals surface area contributed by atoms with Crippen LogP contribution < -0.4 is 5.32 Å². The molecule has 1 aromatic carbocycles. The van der Waals surface area contributed by atoms with Crippen LogP contribution in [0.3, 0.4) is 0 Å². The first-order valence-electron chi connectivity index (χ1n) is 6.41. The van der Waals surface area contributed by atoms with Crippen molar-refractivity contribution in [2.45, 2.75) is 38.3 Å². The van der Waals surface area contributed by atoms with Gasteiger partial charge in [0.1, 0.15) is 0 Å². The number of halogens is 1. The number of hydrogen-bond donors (Lipinski definition) is 1. The lowest BCUT2D eigenvalue weighted by molar-refractivity contribution is -0.00786. The number of hydrogen-bond acceptors (Lipinski definition) is 2. The summed E-state index contributed by atoms with van der Waals surface area (Å²) < 4.78 is 5.88. The molecule has 0 aromatic heterocycles. The lowest BCUT2D eigenvalue weighted by atomic mass is 9.96. The summed E-state index contributed by atoms with van der Waals surface area (Å²) in [6.07, 6.45) is 3.89. The van der Waals surface area contributed by atoms with E-state index in [2.05, 4.69) is 24.4 Å². The Bertz CT molecular complexity index is 333. The average Bonchev–Trinajstić information content (AvgIpc) is 2.38. The fraction of sp³-hybridized carbons (Fsp3) is 0.571. The van der Waals surface area contributed by atoms with Gasteiger partial charge in [0.15, 0.2) is 0 Å². The number of rotatable bonds is 4. The fourth-order valence-electron chi connectivity index (χ4n) is 2.38. The summed E-state index contributed by atoms with van der Waals surface area (Å²) in [6, 6.07) is 8.37. The van der Waals surface area contributed by atoms with Crippen molar-refractivity contribution in [3.8, 4) is 0 Å². The fourth-order valence-corrected chi connectivity index (χ4v) is 2.51. The maximum absolute atomic E-state index is 5.93. The zero-order chi connectivity index (χ0) is 12.1. The second-order valence-corrected chi connectivity index (χ2v) is 4.93. The number of likely N-dealkylation sites (N-methyl/N-ethyl adjacent to an activating group) is 1. The van der Waals surface area contributed by atoms with Gasteiger partial charge in [0.05, 0.1) is 12.1 Å². The molecule has 2 nitrogen and oxygen atoms in total. The summed E-state index contributed by atoms with van der Waals surface area (Å²) in [7, 11) is 0. The molecule has 2 unspecified atom stereocenters. The molecule has 94 valence electrons. The smallest absolute Gasteiger partial charge is 0.0769 e. The van der Waals surface area contributed by atoms with Crippen LogP contribution >= 0.6 is 11.6 Å². The zero-order valence-electron chi connectivity index (χ0n) is 10.3. The average molecular weight is 254 g/mol. The van der Waals surface area contributed by atoms with Crippen molar-refractivity contribution in [1.82, 2.24) is 5.32 Å². The Morgan fingerprint density at radius 2 is 2.12 bits per heavy atom. The van der Waals surface area contributed by atoms with Crippen LogP contribution in [0.5, 0.6) is 0 Å². The molecule has 3 heteroatoms. The molecule has 0 radical (unpaired) electrons. The molecule has 0 amide bonds. The first-order chi connectivity index (χ1) is 8.31. The van der Waals surface area contributed by atoms with Gasteiger partial charge >= 0.3 is 0 Å². The van der Waals surface area contributed by atoms with Gasteiger partial charge in [-0.25, -0.2) is 0 Å². The number of ether oxygens (including phenoxy) is 1. The molecule has 1 aliphatic rings. The molecular formula is C14H20ClNO. The maximum atomic E-state index is 5.93. The van der Waals surface area contributed by atoms with Crippen LogP contribution in [0.4, 0.5) is 0 Å². The van der Waals surface area contributed by atoms with Crippen LogP contribution in [-0.4, -0.2) is 19.3 Å². The Balaban J connectivity index is 2.12. The molecular weight excluding hydrogens is 234 g/mol. The largest absolute Gasteiger partial charge is 0.376 e. The summed E-state index contributed by atoms with van der Waals surface area (Å²) in [4.78, 5) is 0. The maximum Gasteiger partial charge on any atom is 0.0769 e. The molecule has 1 aromatic rings. The van der Waals surface area contributed by atoms with Crippen molar-refractivity contribution in [1.29, 1.82) is 0 Å². The second-order valence-electron chi connectivity index (χ2n) is 4.49. The van der Waals surface area contributed by atoms with Gasteiger partial charge in [-0.2, -0.15) is 0 Å². The lowest BCUT2D eigenvalue weighted by Gasteiger charge is -2.31. The summed E-state index contributed by atoms with van der Waals surface area (Å²) in [5.41, 5.74) is 1.27. The van der Waals surface area contributed by atoms with Gasteiger partial charge in [-0.15, -0.1) is 0 Å². The Morgan fingerprint density at radius 3 is 2.71 bits per heavy atom. The topological polar surface area (TPSA) is 21.3 Å². The summed E-state index contributed by atoms with van der Waals surface area (Å²) in [5, 5.41) is 4.31. The predicted octanol–water partition coefficient (Wildman–Crippen LogP) is 3.56. The molecule has 0 spiro atoms. The van der Waals surface area contributed by atoms with E-state index in [9.17, 15) is 0 Å². The van der Waals surface area contributed by atoms with Crippen molar-refractivity contribution in [2.24, 2.45) is 0 Å². The van der Waals surface area contributed by atoms with Crippen LogP contribution in [0.25, 0.3) is 0 Å². The van der Waals surface area contributed by atoms with E-state index in [4.69, 9.17) is 16.3 Å². The van der Waals surface area contributed by atoms with Crippen molar-refractivity contribution >= 4 is 11.6 Å². The van der Waals surface area contributed by atoms with E-state index in [0.29, 0.717) is 6.10 Å². The van der Waals surface area contributed by atoms with E-state index in [1.807, 2.05) is 12.1 Å². The Labute approximate surface area is 108 Å². The van der Waals surface area contributed by atoms with E-state index >= 15 is 0 Å². The van der Waals surface area contributed by atoms with Crippen molar-refractivity contribution in [2.75, 3.05) is 13.2 Å². The summed E-state index contributed by atoms with van der Waals surface area (Å²) in [5.74, 6) is 0. The standard InChI is InChI=1S/C14H20ClNO/c1-2-16-14(13-5-3-4-10-17-13)11-6-8-12(15)9-7-11/h6-9,13-14,16H,2-5,10H2,1H3. The van der Waals surface area contributed by atoms with Gasteiger partial charge in [-0.3, -0.25) is 0 Å². The molecule has 2 rings (SSSR count). The summed E-state index contributed by atoms with van der Waals surface area (Å²) >= 11 is 5.93. The minimum Gasteiger partial charge on any atom is -0.376 e. The molecule has 1 heterocycles. The molecule has 1 aliphatic heterocycles. The third-order valence-electron chi connectivity index (χ3n) is 3.24. The van der Waals surface area contributed by atoms with Gasteiger partial charge in [0.2, 0.25) is 0 Å². The Hall–Kier alpha value is -0.570. The highest BCUT2D eigenvalue weighted by Crippen LogP contribution is 2.27. The Kier molecular flexibility index (Phi) is 4.84. The molecule has 0 bridgehead atoms. The normalized spacial score (nSPS) is 22.4. The first-order valence-corrected chi connectivity index (χ1v) is 6.79. The second kappa shape index (κ2) is 6.39. The number of benzene rings is 1. The van der Waals surface area contributed by atoms with Crippen molar-refractivity contribution < 1.29 is 4.74 Å². The molecule has 0 aliphatic carbocycles. The third-order valence-corrected chi connectivity index (χ3v) is 3.49. The van der Waals surface area contributed by atoms with Crippen LogP contribution in [0.1, 0.15) is 37.8 Å². The van der Waals surface area contributed by atoms with E-state index in [1.165, 1.54) is 18.4 Å². The Morgan fingerprint density at radius 1 is 1.35 bits per heavy atom. The lowest BCUT2D eigenvalue weighted by Crippen LogP contribution is -2.35. The highest BCUT2D eigenvalue weighted by Gasteiger charge is 2.24. The highest BCUT2D eigenvalue weighted by molar-refractivity contribution is 6.30. The molecule has 17 heavy (non-hydrogen) atoms. The third kappa shape index (κ3) is 3.44. The van der Waals surface area contributed by atoms with E-state index < -0.39 is 0 Å². The van der Waals surface area contributed by atoms with Crippen LogP contribution in [0.2, 0.25) is 5.02 Å². The van der Waals surface area contributed by atoms with Gasteiger partial charge in [0, 0.05) is 11.6 Å². The quantitative estimate of drug-likeness (QED) is 0.886. The van der Waals surface area contributed by atoms with Gasteiger partial charge in [-0.1, -0.05) is 30.7 Å². The van der Waals surface area contributed by atoms with Crippen LogP contribution in [0, 0.1) is 0 Å².